The van der Waals surface area contributed by atoms with Gasteiger partial charge in [-0.05, 0) is 25.0 Å². The van der Waals surface area contributed by atoms with Gasteiger partial charge in [-0.2, -0.15) is 0 Å². The second-order valence-electron chi connectivity index (χ2n) is 4.24. The molecule has 0 unspecified atom stereocenters. The fourth-order valence-corrected chi connectivity index (χ4v) is 1.65. The third-order valence-corrected chi connectivity index (χ3v) is 2.89. The van der Waals surface area contributed by atoms with Crippen molar-refractivity contribution in [2.45, 2.75) is 18.9 Å². The lowest BCUT2D eigenvalue weighted by molar-refractivity contribution is 0.0697. The Morgan fingerprint density at radius 2 is 2.11 bits per heavy atom. The number of carboxylic acids is 1. The van der Waals surface area contributed by atoms with Gasteiger partial charge in [0.25, 0.3) is 0 Å². The van der Waals surface area contributed by atoms with E-state index in [1.807, 2.05) is 0 Å². The molecule has 0 aliphatic heterocycles. The number of carbonyl (C=O) groups excluding carboxylic acids is 1. The van der Waals surface area contributed by atoms with Gasteiger partial charge < -0.3 is 15.3 Å². The van der Waals surface area contributed by atoms with Crippen LogP contribution in [0.5, 0.6) is 0 Å². The second-order valence-corrected chi connectivity index (χ2v) is 4.24. The molecule has 6 heteroatoms. The quantitative estimate of drug-likeness (QED) is 0.866. The Morgan fingerprint density at radius 1 is 1.44 bits per heavy atom. The first-order valence-corrected chi connectivity index (χ1v) is 5.56. The predicted octanol–water partition coefficient (Wildman–Crippen LogP) is 2.15. The predicted molar refractivity (Wildman–Crippen MR) is 63.2 cm³/mol. The molecule has 0 radical (unpaired) electrons. The fraction of sp³-hybridized carbons (Fsp3) is 0.333. The summed E-state index contributed by atoms with van der Waals surface area (Å²) < 4.78 is 13.6. The van der Waals surface area contributed by atoms with Crippen LogP contribution in [0.3, 0.4) is 0 Å². The number of hydrogen-bond donors (Lipinski definition) is 2. The number of hydrogen-bond acceptors (Lipinski definition) is 2. The fourth-order valence-electron chi connectivity index (χ4n) is 1.65. The molecule has 5 nitrogen and oxygen atoms in total. The van der Waals surface area contributed by atoms with Gasteiger partial charge in [-0.15, -0.1) is 0 Å². The van der Waals surface area contributed by atoms with Crippen molar-refractivity contribution in [3.63, 3.8) is 0 Å². The summed E-state index contributed by atoms with van der Waals surface area (Å²) in [5.74, 6) is -2.04. The van der Waals surface area contributed by atoms with Crippen LogP contribution in [0, 0.1) is 5.82 Å². The summed E-state index contributed by atoms with van der Waals surface area (Å²) in [5.41, 5.74) is -0.546. The van der Waals surface area contributed by atoms with Crippen LogP contribution in [0.15, 0.2) is 18.2 Å². The van der Waals surface area contributed by atoms with E-state index < -0.39 is 17.8 Å². The molecular formula is C12H13FN2O3. The van der Waals surface area contributed by atoms with Gasteiger partial charge in [0.05, 0.1) is 11.3 Å². The zero-order valence-electron chi connectivity index (χ0n) is 9.81. The lowest BCUT2D eigenvalue weighted by Gasteiger charge is -2.18. The zero-order valence-corrected chi connectivity index (χ0v) is 9.81. The molecule has 0 bridgehead atoms. The number of halogens is 1. The summed E-state index contributed by atoms with van der Waals surface area (Å²) >= 11 is 0. The molecule has 1 aliphatic carbocycles. The largest absolute Gasteiger partial charge is 0.478 e. The van der Waals surface area contributed by atoms with Crippen LogP contribution in [0.2, 0.25) is 0 Å². The molecular weight excluding hydrogens is 239 g/mol. The molecule has 2 N–H and O–H groups in total. The summed E-state index contributed by atoms with van der Waals surface area (Å²) in [6.45, 7) is 0. The molecule has 1 aromatic carbocycles. The number of amides is 2. The van der Waals surface area contributed by atoms with Crippen molar-refractivity contribution in [1.29, 1.82) is 0 Å². The number of nitrogens with one attached hydrogen (secondary N) is 1. The number of carboxylic acid groups (broad SMARTS) is 1. The Balaban J connectivity index is 2.22. The van der Waals surface area contributed by atoms with E-state index in [4.69, 9.17) is 5.11 Å². The minimum atomic E-state index is -1.28. The number of nitrogens with zero attached hydrogens (tertiary/aromatic N) is 1. The number of anilines is 1. The Bertz CT molecular complexity index is 500. The van der Waals surface area contributed by atoms with Crippen LogP contribution in [-0.2, 0) is 0 Å². The van der Waals surface area contributed by atoms with Gasteiger partial charge in [0.15, 0.2) is 0 Å². The van der Waals surface area contributed by atoms with Gasteiger partial charge in [-0.1, -0.05) is 6.07 Å². The molecule has 1 aromatic rings. The minimum Gasteiger partial charge on any atom is -0.478 e. The average Bonchev–Trinajstić information content (AvgIpc) is 3.14. The number of rotatable bonds is 3. The summed E-state index contributed by atoms with van der Waals surface area (Å²) in [6.07, 6.45) is 1.85. The first-order chi connectivity index (χ1) is 8.50. The van der Waals surface area contributed by atoms with Gasteiger partial charge in [-0.3, -0.25) is 0 Å². The Kier molecular flexibility index (Phi) is 3.18. The molecule has 1 saturated carbocycles. The number of urea groups is 1. The topological polar surface area (TPSA) is 69.6 Å². The highest BCUT2D eigenvalue weighted by atomic mass is 19.1. The second kappa shape index (κ2) is 4.64. The first-order valence-electron chi connectivity index (χ1n) is 5.56. The first kappa shape index (κ1) is 12.3. The minimum absolute atomic E-state index is 0.171. The number of aromatic carboxylic acids is 1. The van der Waals surface area contributed by atoms with Gasteiger partial charge in [0.2, 0.25) is 0 Å². The summed E-state index contributed by atoms with van der Waals surface area (Å²) in [4.78, 5) is 24.2. The zero-order chi connectivity index (χ0) is 13.3. The molecule has 1 aliphatic rings. The summed E-state index contributed by atoms with van der Waals surface area (Å²) in [6, 6.07) is 3.33. The Labute approximate surface area is 103 Å². The number of para-hydroxylation sites is 1. The van der Waals surface area contributed by atoms with Crippen molar-refractivity contribution >= 4 is 17.7 Å². The van der Waals surface area contributed by atoms with E-state index in [9.17, 15) is 14.0 Å². The van der Waals surface area contributed by atoms with Gasteiger partial charge in [0, 0.05) is 13.1 Å². The van der Waals surface area contributed by atoms with Gasteiger partial charge in [-0.25, -0.2) is 14.0 Å². The Morgan fingerprint density at radius 3 is 2.67 bits per heavy atom. The van der Waals surface area contributed by atoms with Crippen molar-refractivity contribution in [3.05, 3.63) is 29.6 Å². The molecule has 0 aromatic heterocycles. The van der Waals surface area contributed by atoms with Crippen LogP contribution < -0.4 is 5.32 Å². The highest BCUT2D eigenvalue weighted by Crippen LogP contribution is 2.27. The number of carbonyl (C=O) groups is 2. The summed E-state index contributed by atoms with van der Waals surface area (Å²) in [5, 5.41) is 11.2. The highest BCUT2D eigenvalue weighted by Gasteiger charge is 2.30. The molecule has 0 spiro atoms. The van der Waals surface area contributed by atoms with Crippen molar-refractivity contribution in [1.82, 2.24) is 4.90 Å². The third kappa shape index (κ3) is 2.42. The normalized spacial score (nSPS) is 14.1. The van der Waals surface area contributed by atoms with Crippen LogP contribution in [0.1, 0.15) is 23.2 Å². The van der Waals surface area contributed by atoms with Gasteiger partial charge >= 0.3 is 12.0 Å². The molecule has 96 valence electrons. The third-order valence-electron chi connectivity index (χ3n) is 2.89. The monoisotopic (exact) mass is 252 g/mol. The van der Waals surface area contributed by atoms with Crippen LogP contribution in [-0.4, -0.2) is 35.1 Å². The van der Waals surface area contributed by atoms with Crippen LogP contribution in [0.4, 0.5) is 14.9 Å². The van der Waals surface area contributed by atoms with E-state index in [0.29, 0.717) is 0 Å². The molecule has 2 amide bonds. The van der Waals surface area contributed by atoms with E-state index in [1.54, 1.807) is 7.05 Å². The number of benzene rings is 1. The Hall–Kier alpha value is -2.11. The molecule has 2 rings (SSSR count). The van der Waals surface area contributed by atoms with E-state index in [-0.39, 0.29) is 17.3 Å². The van der Waals surface area contributed by atoms with Crippen molar-refractivity contribution in [3.8, 4) is 0 Å². The molecule has 1 fully saturated rings. The van der Waals surface area contributed by atoms with Crippen LogP contribution >= 0.6 is 0 Å². The van der Waals surface area contributed by atoms with E-state index >= 15 is 0 Å². The maximum atomic E-state index is 13.6. The van der Waals surface area contributed by atoms with E-state index in [1.165, 1.54) is 17.0 Å². The smallest absolute Gasteiger partial charge is 0.337 e. The average molecular weight is 252 g/mol. The van der Waals surface area contributed by atoms with Crippen molar-refractivity contribution in [2.75, 3.05) is 12.4 Å². The lowest BCUT2D eigenvalue weighted by atomic mass is 10.1. The molecule has 18 heavy (non-hydrogen) atoms. The standard InChI is InChI=1S/C12H13FN2O3/c1-15(7-5-6-7)12(18)14-10-8(11(16)17)3-2-4-9(10)13/h2-4,7H,5-6H2,1H3,(H,14,18)(H,16,17). The van der Waals surface area contributed by atoms with Gasteiger partial charge in [0.1, 0.15) is 5.82 Å². The lowest BCUT2D eigenvalue weighted by Crippen LogP contribution is -2.33. The highest BCUT2D eigenvalue weighted by molar-refractivity contribution is 6.00. The van der Waals surface area contributed by atoms with Crippen LogP contribution in [0.25, 0.3) is 0 Å². The van der Waals surface area contributed by atoms with E-state index in [2.05, 4.69) is 5.32 Å². The molecule has 0 heterocycles. The maximum absolute atomic E-state index is 13.6. The maximum Gasteiger partial charge on any atom is 0.337 e. The van der Waals surface area contributed by atoms with E-state index in [0.717, 1.165) is 18.9 Å². The molecule has 0 atom stereocenters. The van der Waals surface area contributed by atoms with Crippen molar-refractivity contribution in [2.24, 2.45) is 0 Å². The summed E-state index contributed by atoms with van der Waals surface area (Å²) in [7, 11) is 1.61. The molecule has 0 saturated heterocycles. The SMILES string of the molecule is CN(C(=O)Nc1c(F)cccc1C(=O)O)C1CC1. The van der Waals surface area contributed by atoms with Crippen molar-refractivity contribution < 1.29 is 19.1 Å².